The van der Waals surface area contributed by atoms with Crippen LogP contribution in [0.15, 0.2) is 0 Å². The number of ether oxygens (including phenoxy) is 3. The van der Waals surface area contributed by atoms with Gasteiger partial charge >= 0.3 is 17.9 Å². The summed E-state index contributed by atoms with van der Waals surface area (Å²) in [4.78, 5) is 58.8. The van der Waals surface area contributed by atoms with Crippen molar-refractivity contribution in [3.8, 4) is 6.07 Å². The summed E-state index contributed by atoms with van der Waals surface area (Å²) in [5, 5.41) is 11.6. The highest BCUT2D eigenvalue weighted by atomic mass is 16.6. The molecule has 1 rings (SSSR count). The molecule has 0 aliphatic carbocycles. The van der Waals surface area contributed by atoms with Crippen LogP contribution in [0.4, 0.5) is 0 Å². The lowest BCUT2D eigenvalue weighted by atomic mass is 10.2. The van der Waals surface area contributed by atoms with Gasteiger partial charge in [-0.15, -0.1) is 0 Å². The van der Waals surface area contributed by atoms with E-state index >= 15 is 0 Å². The van der Waals surface area contributed by atoms with Crippen molar-refractivity contribution >= 4 is 23.8 Å². The molecule has 1 aliphatic rings. The van der Waals surface area contributed by atoms with E-state index in [4.69, 9.17) is 19.5 Å². The van der Waals surface area contributed by atoms with Gasteiger partial charge in [0.1, 0.15) is 16.8 Å². The third-order valence-electron chi connectivity index (χ3n) is 6.17. The fourth-order valence-corrected chi connectivity index (χ4v) is 4.40. The molecule has 1 heterocycles. The molecular weight excluding hydrogens is 568 g/mol. The van der Waals surface area contributed by atoms with Crippen LogP contribution in [0.2, 0.25) is 0 Å². The largest absolute Gasteiger partial charge is 0.459 e. The second-order valence-corrected chi connectivity index (χ2v) is 14.1. The molecule has 1 saturated heterocycles. The van der Waals surface area contributed by atoms with Crippen LogP contribution in [0, 0.1) is 11.3 Å². The first-order valence-electron chi connectivity index (χ1n) is 15.4. The molecule has 1 fully saturated rings. The smallest absolute Gasteiger partial charge is 0.320 e. The number of rotatable bonds is 10. The molecule has 0 unspecified atom stereocenters. The predicted octanol–water partition coefficient (Wildman–Crippen LogP) is 1.26. The van der Waals surface area contributed by atoms with Gasteiger partial charge < -0.3 is 19.5 Å². The summed E-state index contributed by atoms with van der Waals surface area (Å²) in [7, 11) is 0. The molecule has 1 amide bonds. The number of carbonyl (C=O) groups is 4. The van der Waals surface area contributed by atoms with Gasteiger partial charge in [0, 0.05) is 58.9 Å². The van der Waals surface area contributed by atoms with Gasteiger partial charge in [0.25, 0.3) is 0 Å². The van der Waals surface area contributed by atoms with Crippen LogP contribution < -0.4 is 5.32 Å². The van der Waals surface area contributed by atoms with Gasteiger partial charge in [0.05, 0.1) is 38.7 Å². The summed E-state index contributed by atoms with van der Waals surface area (Å²) in [6.07, 6.45) is 0.221. The first kappa shape index (κ1) is 39.2. The molecule has 0 aromatic heterocycles. The van der Waals surface area contributed by atoms with Crippen molar-refractivity contribution in [2.24, 2.45) is 0 Å². The Balaban J connectivity index is 3.19. The fraction of sp³-hybridized carbons (Fsp3) is 0.839. The minimum absolute atomic E-state index is 0.0600. The van der Waals surface area contributed by atoms with Crippen LogP contribution in [0.5, 0.6) is 0 Å². The standard InChI is InChI=1S/C31H56N6O7/c1-29(2,3)42-26(39)22-35-15-13-34(21-25(38)33-12-10-11-32)14-16-36(23-27(40)43-30(4,5)6)18-20-37(19-17-35)24-28(41)44-31(7,8)9/h10,12-24H2,1-9H3,(H,33,38). The Hall–Kier alpha value is -2.79. The van der Waals surface area contributed by atoms with E-state index in [9.17, 15) is 19.2 Å². The normalized spacial score (nSPS) is 17.5. The molecule has 1 N–H and O–H groups in total. The molecule has 13 nitrogen and oxygen atoms in total. The van der Waals surface area contributed by atoms with E-state index in [-0.39, 0.29) is 63.0 Å². The zero-order valence-corrected chi connectivity index (χ0v) is 28.5. The maximum Gasteiger partial charge on any atom is 0.320 e. The molecule has 13 heteroatoms. The predicted molar refractivity (Wildman–Crippen MR) is 167 cm³/mol. The van der Waals surface area contributed by atoms with Crippen LogP contribution in [0.3, 0.4) is 0 Å². The van der Waals surface area contributed by atoms with E-state index in [1.165, 1.54) is 0 Å². The van der Waals surface area contributed by atoms with Crippen molar-refractivity contribution in [1.29, 1.82) is 5.26 Å². The van der Waals surface area contributed by atoms with Gasteiger partial charge in [-0.05, 0) is 62.3 Å². The van der Waals surface area contributed by atoms with E-state index in [2.05, 4.69) is 5.32 Å². The number of esters is 3. The molecule has 0 spiro atoms. The Morgan fingerprint density at radius 2 is 0.841 bits per heavy atom. The number of nitrogens with zero attached hydrogens (tertiary/aromatic N) is 5. The van der Waals surface area contributed by atoms with Crippen molar-refractivity contribution in [2.75, 3.05) is 85.1 Å². The SMILES string of the molecule is CC(C)(C)OC(=O)CN1CCN(CC(=O)NCCC#N)CCN(CC(=O)OC(C)(C)C)CCN(CC(=O)OC(C)(C)C)CC1. The highest BCUT2D eigenvalue weighted by Crippen LogP contribution is 2.11. The van der Waals surface area contributed by atoms with Gasteiger partial charge in [0.2, 0.25) is 5.91 Å². The Morgan fingerprint density at radius 1 is 0.568 bits per heavy atom. The van der Waals surface area contributed by atoms with Crippen molar-refractivity contribution in [1.82, 2.24) is 24.9 Å². The van der Waals surface area contributed by atoms with E-state index in [0.29, 0.717) is 52.4 Å². The minimum Gasteiger partial charge on any atom is -0.459 e. The molecule has 0 atom stereocenters. The lowest BCUT2D eigenvalue weighted by molar-refractivity contribution is -0.158. The van der Waals surface area contributed by atoms with E-state index in [1.54, 1.807) is 0 Å². The van der Waals surface area contributed by atoms with Gasteiger partial charge in [-0.25, -0.2) is 0 Å². The van der Waals surface area contributed by atoms with Crippen LogP contribution in [-0.2, 0) is 33.4 Å². The van der Waals surface area contributed by atoms with Gasteiger partial charge in [-0.2, -0.15) is 5.26 Å². The molecule has 1 aliphatic heterocycles. The van der Waals surface area contributed by atoms with Crippen LogP contribution in [0.1, 0.15) is 68.7 Å². The molecule has 0 aromatic carbocycles. The summed E-state index contributed by atoms with van der Waals surface area (Å²) in [6.45, 7) is 20.7. The summed E-state index contributed by atoms with van der Waals surface area (Å²) < 4.78 is 16.7. The Labute approximate surface area is 264 Å². The van der Waals surface area contributed by atoms with Crippen LogP contribution in [-0.4, -0.2) is 145 Å². The first-order chi connectivity index (χ1) is 20.2. The molecule has 0 radical (unpaired) electrons. The average Bonchev–Trinajstić information content (AvgIpc) is 2.82. The molecule has 0 bridgehead atoms. The number of hydrogen-bond donors (Lipinski definition) is 1. The quantitative estimate of drug-likeness (QED) is 0.212. The number of hydrogen-bond acceptors (Lipinski definition) is 12. The van der Waals surface area contributed by atoms with Crippen molar-refractivity contribution in [3.05, 3.63) is 0 Å². The molecule has 0 saturated carbocycles. The van der Waals surface area contributed by atoms with Gasteiger partial charge in [0.15, 0.2) is 0 Å². The molecule has 252 valence electrons. The average molecular weight is 625 g/mol. The van der Waals surface area contributed by atoms with Crippen molar-refractivity contribution in [2.45, 2.75) is 85.5 Å². The summed E-state index contributed by atoms with van der Waals surface area (Å²) in [6, 6.07) is 2.02. The lowest BCUT2D eigenvalue weighted by Crippen LogP contribution is -2.50. The van der Waals surface area contributed by atoms with E-state index in [0.717, 1.165) is 0 Å². The third kappa shape index (κ3) is 20.2. The highest BCUT2D eigenvalue weighted by Gasteiger charge is 2.26. The molecule has 44 heavy (non-hydrogen) atoms. The number of nitrogens with one attached hydrogen (secondary N) is 1. The van der Waals surface area contributed by atoms with Crippen molar-refractivity contribution < 1.29 is 33.4 Å². The first-order valence-corrected chi connectivity index (χ1v) is 15.4. The maximum atomic E-state index is 12.8. The lowest BCUT2D eigenvalue weighted by Gasteiger charge is -2.34. The van der Waals surface area contributed by atoms with Crippen LogP contribution in [0.25, 0.3) is 0 Å². The topological polar surface area (TPSA) is 145 Å². The van der Waals surface area contributed by atoms with Crippen molar-refractivity contribution in [3.63, 3.8) is 0 Å². The number of nitriles is 1. The second-order valence-electron chi connectivity index (χ2n) is 14.1. The Bertz CT molecular complexity index is 932. The van der Waals surface area contributed by atoms with Gasteiger partial charge in [-0.1, -0.05) is 0 Å². The summed E-state index contributed by atoms with van der Waals surface area (Å²) in [5.74, 6) is -1.26. The molecule has 0 aromatic rings. The Kier molecular flexibility index (Phi) is 16.3. The Morgan fingerprint density at radius 3 is 1.09 bits per heavy atom. The summed E-state index contributed by atoms with van der Waals surface area (Å²) >= 11 is 0. The number of amides is 1. The van der Waals surface area contributed by atoms with E-state index < -0.39 is 16.8 Å². The van der Waals surface area contributed by atoms with Crippen LogP contribution >= 0.6 is 0 Å². The third-order valence-corrected chi connectivity index (χ3v) is 6.17. The molecular formula is C31H56N6O7. The number of carbonyl (C=O) groups excluding carboxylic acids is 4. The zero-order chi connectivity index (χ0) is 33.6. The maximum absolute atomic E-state index is 12.8. The second kappa shape index (κ2) is 18.2. The van der Waals surface area contributed by atoms with E-state index in [1.807, 2.05) is 88.0 Å². The highest BCUT2D eigenvalue weighted by molar-refractivity contribution is 5.78. The fourth-order valence-electron chi connectivity index (χ4n) is 4.40. The summed E-state index contributed by atoms with van der Waals surface area (Å²) in [5.41, 5.74) is -1.88. The monoisotopic (exact) mass is 624 g/mol. The minimum atomic E-state index is -0.627. The zero-order valence-electron chi connectivity index (χ0n) is 28.5. The van der Waals surface area contributed by atoms with Gasteiger partial charge in [-0.3, -0.25) is 38.8 Å².